The summed E-state index contributed by atoms with van der Waals surface area (Å²) in [6, 6.07) is 3.02. The molecule has 10 nitrogen and oxygen atoms in total. The molecule has 0 radical (unpaired) electrons. The van der Waals surface area contributed by atoms with Crippen LogP contribution in [0, 0.1) is 5.82 Å². The van der Waals surface area contributed by atoms with Crippen molar-refractivity contribution < 1.29 is 31.8 Å². The molecule has 1 fully saturated rings. The van der Waals surface area contributed by atoms with Gasteiger partial charge < -0.3 is 15.2 Å². The normalized spacial score (nSPS) is 18.2. The fourth-order valence-corrected chi connectivity index (χ4v) is 4.55. The maximum atomic E-state index is 14.8. The van der Waals surface area contributed by atoms with Crippen LogP contribution in [0.5, 0.6) is 5.88 Å². The highest BCUT2D eigenvalue weighted by molar-refractivity contribution is 5.89. The van der Waals surface area contributed by atoms with Gasteiger partial charge in [-0.05, 0) is 30.2 Å². The predicted octanol–water partition coefficient (Wildman–Crippen LogP) is 2.67. The van der Waals surface area contributed by atoms with Gasteiger partial charge in [-0.3, -0.25) is 4.90 Å². The number of β-amino-alcohol motifs (C(OH)–C–C–N with tert-alkyl or cyclic N) is 1. The molecule has 1 aliphatic heterocycles. The summed E-state index contributed by atoms with van der Waals surface area (Å²) in [6.45, 7) is -0.935. The third kappa shape index (κ3) is 4.75. The maximum absolute atomic E-state index is 14.8. The molecule has 37 heavy (non-hydrogen) atoms. The minimum absolute atomic E-state index is 0.0400. The number of alkyl halides is 4. The van der Waals surface area contributed by atoms with Crippen molar-refractivity contribution in [2.45, 2.75) is 31.4 Å². The van der Waals surface area contributed by atoms with Gasteiger partial charge in [0.25, 0.3) is 12.3 Å². The first-order valence-electron chi connectivity index (χ1n) is 11.4. The van der Waals surface area contributed by atoms with Crippen LogP contribution in [0.1, 0.15) is 6.42 Å². The number of nitrogens with zero attached hydrogens (tertiary/aromatic N) is 7. The predicted molar refractivity (Wildman–Crippen MR) is 123 cm³/mol. The molecule has 15 heteroatoms. The van der Waals surface area contributed by atoms with E-state index in [0.29, 0.717) is 23.2 Å². The monoisotopic (exact) mass is 526 g/mol. The lowest BCUT2D eigenvalue weighted by molar-refractivity contribution is -0.0760. The Morgan fingerprint density at radius 1 is 1.30 bits per heavy atom. The van der Waals surface area contributed by atoms with Gasteiger partial charge in [-0.25, -0.2) is 31.1 Å². The van der Waals surface area contributed by atoms with Crippen LogP contribution in [-0.2, 0) is 6.54 Å². The quantitative estimate of drug-likeness (QED) is 0.338. The molecule has 198 valence electrons. The summed E-state index contributed by atoms with van der Waals surface area (Å²) < 4.78 is 77.8. The van der Waals surface area contributed by atoms with Crippen LogP contribution in [0.2, 0.25) is 0 Å². The Kier molecular flexibility index (Phi) is 6.58. The Morgan fingerprint density at radius 3 is 2.81 bits per heavy atom. The van der Waals surface area contributed by atoms with Gasteiger partial charge in [-0.2, -0.15) is 4.98 Å². The molecule has 0 spiro atoms. The zero-order chi connectivity index (χ0) is 26.3. The highest BCUT2D eigenvalue weighted by Crippen LogP contribution is 2.35. The van der Waals surface area contributed by atoms with Crippen LogP contribution >= 0.6 is 0 Å². The molecule has 3 aromatic heterocycles. The van der Waals surface area contributed by atoms with Crippen LogP contribution < -0.4 is 10.1 Å². The van der Waals surface area contributed by atoms with Crippen LogP contribution in [0.15, 0.2) is 24.4 Å². The number of nitrogens with one attached hydrogen (secondary N) is 1. The number of benzene rings is 1. The Morgan fingerprint density at radius 2 is 2.11 bits per heavy atom. The Hall–Kier alpha value is -3.59. The van der Waals surface area contributed by atoms with Gasteiger partial charge in [0.2, 0.25) is 11.8 Å². The molecule has 1 aliphatic rings. The number of aliphatic hydroxyl groups excluding tert-OH is 1. The maximum Gasteiger partial charge on any atom is 0.280 e. The second-order valence-electron chi connectivity index (χ2n) is 8.70. The van der Waals surface area contributed by atoms with E-state index in [1.165, 1.54) is 34.9 Å². The first-order valence-corrected chi connectivity index (χ1v) is 11.4. The number of halogens is 5. The van der Waals surface area contributed by atoms with Crippen LogP contribution in [0.3, 0.4) is 0 Å². The fourth-order valence-electron chi connectivity index (χ4n) is 4.55. The smallest absolute Gasteiger partial charge is 0.280 e. The zero-order valence-electron chi connectivity index (χ0n) is 19.6. The highest BCUT2D eigenvalue weighted by atomic mass is 19.3. The van der Waals surface area contributed by atoms with E-state index in [9.17, 15) is 22.0 Å². The van der Waals surface area contributed by atoms with Gasteiger partial charge in [0.05, 0.1) is 31.8 Å². The summed E-state index contributed by atoms with van der Waals surface area (Å²) in [5.74, 6) is -3.89. The van der Waals surface area contributed by atoms with Gasteiger partial charge >= 0.3 is 0 Å². The summed E-state index contributed by atoms with van der Waals surface area (Å²) in [4.78, 5) is 5.74. The molecule has 1 saturated heterocycles. The number of hydrogen-bond acceptors (Lipinski definition) is 8. The Bertz CT molecular complexity index is 1430. The number of aliphatic hydroxyl groups is 1. The van der Waals surface area contributed by atoms with Gasteiger partial charge in [-0.1, -0.05) is 5.21 Å². The topological polar surface area (TPSA) is 106 Å². The lowest BCUT2D eigenvalue weighted by Gasteiger charge is -2.38. The van der Waals surface area contributed by atoms with Crippen LogP contribution in [0.4, 0.5) is 27.9 Å². The van der Waals surface area contributed by atoms with Crippen molar-refractivity contribution in [2.75, 3.05) is 38.7 Å². The van der Waals surface area contributed by atoms with E-state index >= 15 is 0 Å². The average Bonchev–Trinajstić information content (AvgIpc) is 3.44. The summed E-state index contributed by atoms with van der Waals surface area (Å²) in [7, 11) is 1.34. The molecule has 4 aromatic rings. The van der Waals surface area contributed by atoms with E-state index in [-0.39, 0.29) is 42.4 Å². The Labute approximate surface area is 206 Å². The van der Waals surface area contributed by atoms with Crippen molar-refractivity contribution in [1.82, 2.24) is 34.5 Å². The van der Waals surface area contributed by atoms with Crippen molar-refractivity contribution in [3.63, 3.8) is 0 Å². The molecule has 0 unspecified atom stereocenters. The number of fused-ring (bicyclic) bond motifs is 2. The van der Waals surface area contributed by atoms with Gasteiger partial charge in [0.1, 0.15) is 17.6 Å². The molecular weight excluding hydrogens is 503 g/mol. The highest BCUT2D eigenvalue weighted by Gasteiger charge is 2.45. The summed E-state index contributed by atoms with van der Waals surface area (Å²) >= 11 is 0. The van der Waals surface area contributed by atoms with E-state index in [0.717, 1.165) is 4.68 Å². The standard InChI is InChI=1S/C22H23F5N8O2/c1-37-20-19-13(12-8-14(23)18-15(9-12)35(32-30-18)10-17(24)25)2-5-34(19)31-21(29-20)28-16-3-4-33(6-7-36)11-22(16,26)27/h2,5,8-9,16-17,36H,3-4,6-7,10-11H2,1H3,(H,28,31)/t16-/m1/s1. The molecular formula is C22H23F5N8O2. The van der Waals surface area contributed by atoms with Crippen molar-refractivity contribution in [2.24, 2.45) is 0 Å². The molecule has 0 amide bonds. The van der Waals surface area contributed by atoms with Gasteiger partial charge in [0.15, 0.2) is 5.82 Å². The minimum Gasteiger partial charge on any atom is -0.479 e. The van der Waals surface area contributed by atoms with E-state index in [1.54, 1.807) is 6.07 Å². The number of piperidine rings is 1. The minimum atomic E-state index is -3.09. The molecule has 0 saturated carbocycles. The van der Waals surface area contributed by atoms with Gasteiger partial charge in [-0.15, -0.1) is 10.2 Å². The SMILES string of the molecule is COc1nc(N[C@@H]2CCN(CCO)CC2(F)F)nn2ccc(-c3cc(F)c4nnn(CC(F)F)c4c3)c12. The lowest BCUT2D eigenvalue weighted by atomic mass is 10.0. The molecule has 1 aromatic carbocycles. The summed E-state index contributed by atoms with van der Waals surface area (Å²) in [5.41, 5.74) is 1.01. The largest absolute Gasteiger partial charge is 0.479 e. The second-order valence-corrected chi connectivity index (χ2v) is 8.70. The van der Waals surface area contributed by atoms with Gasteiger partial charge in [0, 0.05) is 24.8 Å². The first-order chi connectivity index (χ1) is 17.7. The third-order valence-corrected chi connectivity index (χ3v) is 6.27. The number of ether oxygens (including phenoxy) is 1. The van der Waals surface area contributed by atoms with Crippen molar-refractivity contribution in [1.29, 1.82) is 0 Å². The average molecular weight is 526 g/mol. The van der Waals surface area contributed by atoms with E-state index in [1.807, 2.05) is 0 Å². The number of likely N-dealkylation sites (tertiary alicyclic amines) is 1. The first kappa shape index (κ1) is 25.1. The number of hydrogen-bond donors (Lipinski definition) is 2. The second kappa shape index (κ2) is 9.70. The summed E-state index contributed by atoms with van der Waals surface area (Å²) in [6.07, 6.45) is -1.08. The molecule has 0 aliphatic carbocycles. The number of rotatable bonds is 8. The van der Waals surface area contributed by atoms with Crippen LogP contribution in [0.25, 0.3) is 27.7 Å². The molecule has 4 heterocycles. The van der Waals surface area contributed by atoms with E-state index < -0.39 is 37.3 Å². The number of methoxy groups -OCH3 is 1. The number of aromatic nitrogens is 6. The summed E-state index contributed by atoms with van der Waals surface area (Å²) in [5, 5.41) is 23.3. The lowest BCUT2D eigenvalue weighted by Crippen LogP contribution is -2.55. The van der Waals surface area contributed by atoms with E-state index in [4.69, 9.17) is 9.84 Å². The fraction of sp³-hybridized carbons (Fsp3) is 0.455. The molecule has 1 atom stereocenters. The zero-order valence-corrected chi connectivity index (χ0v) is 19.6. The van der Waals surface area contributed by atoms with E-state index in [2.05, 4.69) is 25.7 Å². The molecule has 0 bridgehead atoms. The van der Waals surface area contributed by atoms with Crippen molar-refractivity contribution in [3.8, 4) is 17.0 Å². The van der Waals surface area contributed by atoms with Crippen LogP contribution in [-0.4, -0.2) is 91.3 Å². The van der Waals surface area contributed by atoms with Crippen molar-refractivity contribution >= 4 is 22.5 Å². The molecule has 2 N–H and O–H groups in total. The van der Waals surface area contributed by atoms with Crippen molar-refractivity contribution in [3.05, 3.63) is 30.2 Å². The molecule has 5 rings (SSSR count). The third-order valence-electron chi connectivity index (χ3n) is 6.27. The number of anilines is 1. The Balaban J connectivity index is 1.50.